The lowest BCUT2D eigenvalue weighted by Gasteiger charge is -2.09. The van der Waals surface area contributed by atoms with Crippen LogP contribution >= 0.6 is 11.3 Å². The molecule has 0 unspecified atom stereocenters. The molecule has 1 aromatic heterocycles. The maximum Gasteiger partial charge on any atom is 0.341 e. The first-order chi connectivity index (χ1) is 13.0. The minimum Gasteiger partial charge on any atom is -0.493 e. The minimum absolute atomic E-state index is 0.0309. The molecule has 0 spiro atoms. The van der Waals surface area contributed by atoms with Crippen molar-refractivity contribution >= 4 is 45.4 Å². The van der Waals surface area contributed by atoms with Crippen LogP contribution in [0.15, 0.2) is 36.4 Å². The number of hydrogen-bond donors (Lipinski definition) is 1. The molecule has 0 aliphatic rings. The maximum absolute atomic E-state index is 10.9. The number of nitro benzene ring substituents is 1. The van der Waals surface area contributed by atoms with E-state index in [2.05, 4.69) is 4.98 Å². The van der Waals surface area contributed by atoms with E-state index in [1.165, 1.54) is 30.6 Å². The molecule has 2 aromatic carbocycles. The first-order valence-electron chi connectivity index (χ1n) is 7.72. The van der Waals surface area contributed by atoms with Crippen LogP contribution in [-0.4, -0.2) is 34.7 Å². The molecule has 1 N–H and O–H groups in total. The zero-order valence-corrected chi connectivity index (χ0v) is 14.9. The number of non-ortho nitro benzene ring substituents is 1. The summed E-state index contributed by atoms with van der Waals surface area (Å²) in [5.74, 6) is -0.320. The summed E-state index contributed by atoms with van der Waals surface area (Å²) in [4.78, 5) is 25.5. The molecule has 0 amide bonds. The number of carboxylic acid groups (broad SMARTS) is 1. The molecule has 0 aliphatic heterocycles. The molecule has 0 radical (unpaired) electrons. The third-order valence-electron chi connectivity index (χ3n) is 3.56. The van der Waals surface area contributed by atoms with Gasteiger partial charge in [-0.2, -0.15) is 0 Å². The Morgan fingerprint density at radius 1 is 1.26 bits per heavy atom. The molecular formula is C18H14N2O6S. The summed E-state index contributed by atoms with van der Waals surface area (Å²) in [6.45, 7) is -0.455. The van der Waals surface area contributed by atoms with Crippen LogP contribution in [0.5, 0.6) is 11.5 Å². The quantitative estimate of drug-likeness (QED) is 0.485. The lowest BCUT2D eigenvalue weighted by Crippen LogP contribution is -2.10. The molecular weight excluding hydrogens is 372 g/mol. The Hall–Kier alpha value is -3.46. The smallest absolute Gasteiger partial charge is 0.341 e. The molecule has 3 rings (SSSR count). The van der Waals surface area contributed by atoms with Gasteiger partial charge in [-0.3, -0.25) is 10.1 Å². The van der Waals surface area contributed by atoms with Gasteiger partial charge in [-0.1, -0.05) is 12.1 Å². The Morgan fingerprint density at radius 3 is 2.78 bits per heavy atom. The number of nitrogens with zero attached hydrogens (tertiary/aromatic N) is 2. The van der Waals surface area contributed by atoms with Crippen molar-refractivity contribution in [3.8, 4) is 11.5 Å². The summed E-state index contributed by atoms with van der Waals surface area (Å²) < 4.78 is 11.1. The number of methoxy groups -OCH3 is 1. The van der Waals surface area contributed by atoms with Gasteiger partial charge in [0.05, 0.1) is 22.2 Å². The molecule has 8 nitrogen and oxygen atoms in total. The number of ether oxygens (including phenoxy) is 2. The van der Waals surface area contributed by atoms with Gasteiger partial charge < -0.3 is 14.6 Å². The fourth-order valence-electron chi connectivity index (χ4n) is 2.33. The van der Waals surface area contributed by atoms with E-state index in [0.717, 1.165) is 10.3 Å². The van der Waals surface area contributed by atoms with Gasteiger partial charge in [0.1, 0.15) is 5.01 Å². The number of aliphatic carboxylic acids is 1. The molecule has 0 atom stereocenters. The van der Waals surface area contributed by atoms with E-state index in [-0.39, 0.29) is 5.69 Å². The summed E-state index contributed by atoms with van der Waals surface area (Å²) in [6.07, 6.45) is 3.61. The maximum atomic E-state index is 10.9. The molecule has 0 bridgehead atoms. The van der Waals surface area contributed by atoms with Crippen LogP contribution < -0.4 is 9.47 Å². The van der Waals surface area contributed by atoms with Crippen molar-refractivity contribution in [3.63, 3.8) is 0 Å². The lowest BCUT2D eigenvalue weighted by atomic mass is 10.2. The molecule has 9 heteroatoms. The highest BCUT2D eigenvalue weighted by atomic mass is 32.1. The predicted molar refractivity (Wildman–Crippen MR) is 101 cm³/mol. The Labute approximate surface area is 157 Å². The highest BCUT2D eigenvalue weighted by Gasteiger charge is 2.10. The van der Waals surface area contributed by atoms with E-state index in [4.69, 9.17) is 14.6 Å². The largest absolute Gasteiger partial charge is 0.493 e. The van der Waals surface area contributed by atoms with E-state index in [9.17, 15) is 14.9 Å². The second-order valence-electron chi connectivity index (χ2n) is 5.39. The van der Waals surface area contributed by atoms with Crippen molar-refractivity contribution in [2.24, 2.45) is 0 Å². The first kappa shape index (κ1) is 18.3. The van der Waals surface area contributed by atoms with E-state index < -0.39 is 17.5 Å². The van der Waals surface area contributed by atoms with Crippen molar-refractivity contribution in [1.82, 2.24) is 4.98 Å². The fraction of sp³-hybridized carbons (Fsp3) is 0.111. The molecule has 0 saturated heterocycles. The van der Waals surface area contributed by atoms with Crippen LogP contribution in [-0.2, 0) is 4.79 Å². The van der Waals surface area contributed by atoms with Crippen LogP contribution in [0.1, 0.15) is 10.6 Å². The predicted octanol–water partition coefficient (Wildman–Crippen LogP) is 3.85. The van der Waals surface area contributed by atoms with Crippen LogP contribution in [0, 0.1) is 10.1 Å². The van der Waals surface area contributed by atoms with Gasteiger partial charge in [0.25, 0.3) is 5.69 Å². The Kier molecular flexibility index (Phi) is 5.32. The minimum atomic E-state index is -1.07. The van der Waals surface area contributed by atoms with Gasteiger partial charge in [0.15, 0.2) is 18.1 Å². The number of aromatic nitrogens is 1. The zero-order valence-electron chi connectivity index (χ0n) is 14.1. The SMILES string of the molecule is COc1cc(/C=C\c2nc3ccc([N+](=O)[O-])cc3s2)ccc1OCC(=O)O. The number of carbonyl (C=O) groups is 1. The van der Waals surface area contributed by atoms with Crippen molar-refractivity contribution in [3.05, 3.63) is 57.1 Å². The molecule has 3 aromatic rings. The van der Waals surface area contributed by atoms with Gasteiger partial charge in [0, 0.05) is 12.1 Å². The summed E-state index contributed by atoms with van der Waals surface area (Å²) >= 11 is 1.35. The van der Waals surface area contributed by atoms with E-state index in [1.54, 1.807) is 30.3 Å². The first-order valence-corrected chi connectivity index (χ1v) is 8.53. The Morgan fingerprint density at radius 2 is 2.07 bits per heavy atom. The second kappa shape index (κ2) is 7.83. The van der Waals surface area contributed by atoms with Gasteiger partial charge >= 0.3 is 5.97 Å². The molecule has 138 valence electrons. The van der Waals surface area contributed by atoms with Gasteiger partial charge in [-0.05, 0) is 29.8 Å². The third-order valence-corrected chi connectivity index (χ3v) is 4.54. The second-order valence-corrected chi connectivity index (χ2v) is 6.45. The van der Waals surface area contributed by atoms with Crippen LogP contribution in [0.2, 0.25) is 0 Å². The average Bonchev–Trinajstić information content (AvgIpc) is 3.06. The van der Waals surface area contributed by atoms with Gasteiger partial charge in [-0.25, -0.2) is 9.78 Å². The van der Waals surface area contributed by atoms with E-state index in [1.807, 2.05) is 6.08 Å². The zero-order chi connectivity index (χ0) is 19.4. The number of benzene rings is 2. The van der Waals surface area contributed by atoms with Crippen molar-refractivity contribution in [1.29, 1.82) is 0 Å². The lowest BCUT2D eigenvalue weighted by molar-refractivity contribution is -0.384. The number of fused-ring (bicyclic) bond motifs is 1. The standard InChI is InChI=1S/C18H14N2O6S/c1-25-15-8-11(2-6-14(15)26-10-18(21)22)3-7-17-19-13-5-4-12(20(23)24)9-16(13)27-17/h2-9H,10H2,1H3,(H,21,22)/b7-3-. The summed E-state index contributed by atoms with van der Waals surface area (Å²) in [7, 11) is 1.47. The number of carboxylic acids is 1. The van der Waals surface area contributed by atoms with E-state index >= 15 is 0 Å². The van der Waals surface area contributed by atoms with Crippen LogP contribution in [0.4, 0.5) is 5.69 Å². The summed E-state index contributed by atoms with van der Waals surface area (Å²) in [5.41, 5.74) is 1.53. The number of hydrogen-bond acceptors (Lipinski definition) is 7. The van der Waals surface area contributed by atoms with Gasteiger partial charge in [0.2, 0.25) is 0 Å². The highest BCUT2D eigenvalue weighted by molar-refractivity contribution is 7.19. The fourth-order valence-corrected chi connectivity index (χ4v) is 3.23. The molecule has 0 aliphatic carbocycles. The number of nitro groups is 1. The Bertz CT molecular complexity index is 1040. The monoisotopic (exact) mass is 386 g/mol. The van der Waals surface area contributed by atoms with Crippen LogP contribution in [0.3, 0.4) is 0 Å². The normalized spacial score (nSPS) is 11.0. The summed E-state index contributed by atoms with van der Waals surface area (Å²) in [6, 6.07) is 9.65. The molecule has 0 saturated carbocycles. The topological polar surface area (TPSA) is 112 Å². The van der Waals surface area contributed by atoms with E-state index in [0.29, 0.717) is 22.0 Å². The van der Waals surface area contributed by atoms with Crippen molar-refractivity contribution < 1.29 is 24.3 Å². The van der Waals surface area contributed by atoms with Gasteiger partial charge in [-0.15, -0.1) is 11.3 Å². The van der Waals surface area contributed by atoms with Crippen molar-refractivity contribution in [2.75, 3.05) is 13.7 Å². The Balaban J connectivity index is 1.81. The average molecular weight is 386 g/mol. The summed E-state index contributed by atoms with van der Waals surface area (Å²) in [5, 5.41) is 20.2. The molecule has 27 heavy (non-hydrogen) atoms. The number of rotatable bonds is 7. The van der Waals surface area contributed by atoms with Crippen LogP contribution in [0.25, 0.3) is 22.4 Å². The third kappa shape index (κ3) is 4.39. The number of thiazole rings is 1. The van der Waals surface area contributed by atoms with Crippen molar-refractivity contribution in [2.45, 2.75) is 0 Å². The molecule has 1 heterocycles. The highest BCUT2D eigenvalue weighted by Crippen LogP contribution is 2.30. The molecule has 0 fully saturated rings.